The van der Waals surface area contributed by atoms with E-state index in [4.69, 9.17) is 0 Å². The number of halogens is 2. The van der Waals surface area contributed by atoms with Crippen LogP contribution in [0.25, 0.3) is 0 Å². The van der Waals surface area contributed by atoms with Crippen molar-refractivity contribution in [3.8, 4) is 23.7 Å². The molecule has 0 aliphatic heterocycles. The Hall–Kier alpha value is -2.58. The van der Waals surface area contributed by atoms with E-state index in [-0.39, 0.29) is 11.5 Å². The minimum atomic E-state index is -0.455. The van der Waals surface area contributed by atoms with Crippen LogP contribution in [0.1, 0.15) is 87.0 Å². The first-order chi connectivity index (χ1) is 14.6. The fourth-order valence-electron chi connectivity index (χ4n) is 4.33. The maximum atomic E-state index is 14.7. The third-order valence-electron chi connectivity index (χ3n) is 5.93. The quantitative estimate of drug-likeness (QED) is 0.466. The van der Waals surface area contributed by atoms with Crippen molar-refractivity contribution >= 4 is 0 Å². The maximum absolute atomic E-state index is 14.7. The van der Waals surface area contributed by atoms with Gasteiger partial charge in [-0.05, 0) is 67.3 Å². The van der Waals surface area contributed by atoms with E-state index in [9.17, 15) is 8.78 Å². The summed E-state index contributed by atoms with van der Waals surface area (Å²) in [5.41, 5.74) is 2.59. The Morgan fingerprint density at radius 1 is 0.833 bits per heavy atom. The molecule has 0 aromatic heterocycles. The van der Waals surface area contributed by atoms with Crippen molar-refractivity contribution in [3.05, 3.63) is 70.3 Å². The molecule has 1 fully saturated rings. The van der Waals surface area contributed by atoms with E-state index in [2.05, 4.69) is 30.6 Å². The molecule has 1 aliphatic carbocycles. The highest BCUT2D eigenvalue weighted by atomic mass is 19.1. The molecule has 1 aliphatic rings. The van der Waals surface area contributed by atoms with Crippen LogP contribution in [0.2, 0.25) is 0 Å². The van der Waals surface area contributed by atoms with E-state index in [0.717, 1.165) is 49.7 Å². The number of hydrogen-bond donors (Lipinski definition) is 0. The van der Waals surface area contributed by atoms with Crippen molar-refractivity contribution in [2.45, 2.75) is 71.1 Å². The highest BCUT2D eigenvalue weighted by Gasteiger charge is 2.26. The monoisotopic (exact) mass is 404 g/mol. The lowest BCUT2D eigenvalue weighted by Gasteiger charge is -2.29. The van der Waals surface area contributed by atoms with Crippen molar-refractivity contribution in [2.75, 3.05) is 0 Å². The van der Waals surface area contributed by atoms with Gasteiger partial charge < -0.3 is 0 Å². The van der Waals surface area contributed by atoms with E-state index in [1.165, 1.54) is 25.0 Å². The zero-order valence-corrected chi connectivity index (χ0v) is 18.0. The number of benzene rings is 2. The van der Waals surface area contributed by atoms with E-state index < -0.39 is 11.6 Å². The van der Waals surface area contributed by atoms with Crippen LogP contribution in [0.5, 0.6) is 0 Å². The smallest absolute Gasteiger partial charge is 0.130 e. The van der Waals surface area contributed by atoms with Crippen LogP contribution in [-0.4, -0.2) is 0 Å². The summed E-state index contributed by atoms with van der Waals surface area (Å²) >= 11 is 0. The van der Waals surface area contributed by atoms with Crippen LogP contribution < -0.4 is 0 Å². The fraction of sp³-hybridized carbons (Fsp3) is 0.429. The maximum Gasteiger partial charge on any atom is 0.130 e. The van der Waals surface area contributed by atoms with E-state index in [1.54, 1.807) is 0 Å². The highest BCUT2D eigenvalue weighted by Crippen LogP contribution is 2.39. The Morgan fingerprint density at radius 2 is 1.47 bits per heavy atom. The summed E-state index contributed by atoms with van der Waals surface area (Å²) in [6.07, 6.45) is 7.87. The molecule has 0 nitrogen and oxygen atoms in total. The minimum absolute atomic E-state index is 0.0107. The molecule has 0 unspecified atom stereocenters. The molecular weight excluding hydrogens is 374 g/mol. The summed E-state index contributed by atoms with van der Waals surface area (Å²) in [6, 6.07) is 10.6. The van der Waals surface area contributed by atoms with Gasteiger partial charge in [0.25, 0.3) is 0 Å². The van der Waals surface area contributed by atoms with Gasteiger partial charge in [-0.2, -0.15) is 0 Å². The standard InChI is InChI=1S/C28H30F2/c1-3-5-6-8-22-9-11-23(12-10-22)13-14-24-19-26(29)28(27(30)20-24)25-17-15-21(7-4-2)16-18-25/h9-12,19-21,25H,3-4,7-8,15-18H2,1-2H3. The van der Waals surface area contributed by atoms with Gasteiger partial charge in [-0.15, -0.1) is 5.92 Å². The molecule has 0 saturated heterocycles. The molecule has 156 valence electrons. The molecule has 0 spiro atoms. The Morgan fingerprint density at radius 3 is 2.07 bits per heavy atom. The highest BCUT2D eigenvalue weighted by molar-refractivity contribution is 5.45. The van der Waals surface area contributed by atoms with Crippen LogP contribution in [0, 0.1) is 41.2 Å². The van der Waals surface area contributed by atoms with Gasteiger partial charge in [0.2, 0.25) is 0 Å². The van der Waals surface area contributed by atoms with E-state index >= 15 is 0 Å². The first-order valence-electron chi connectivity index (χ1n) is 11.2. The van der Waals surface area contributed by atoms with Crippen LogP contribution in [0.3, 0.4) is 0 Å². The molecule has 2 heteroatoms. The average molecular weight is 405 g/mol. The van der Waals surface area contributed by atoms with Gasteiger partial charge in [0.1, 0.15) is 11.6 Å². The van der Waals surface area contributed by atoms with Crippen molar-refractivity contribution < 1.29 is 8.78 Å². The van der Waals surface area contributed by atoms with Crippen LogP contribution >= 0.6 is 0 Å². The lowest BCUT2D eigenvalue weighted by atomic mass is 9.77. The van der Waals surface area contributed by atoms with Gasteiger partial charge in [-0.1, -0.05) is 56.6 Å². The summed E-state index contributed by atoms with van der Waals surface area (Å²) in [5.74, 6) is 11.9. The topological polar surface area (TPSA) is 0 Å². The summed E-state index contributed by atoms with van der Waals surface area (Å²) in [7, 11) is 0. The normalized spacial score (nSPS) is 18.1. The van der Waals surface area contributed by atoms with Crippen molar-refractivity contribution in [1.29, 1.82) is 0 Å². The SMILES string of the molecule is CCC#CCc1ccc(C#Cc2cc(F)c(C3CCC(CCC)CC3)c(F)c2)cc1. The lowest BCUT2D eigenvalue weighted by Crippen LogP contribution is -2.15. The first-order valence-corrected chi connectivity index (χ1v) is 11.2. The van der Waals surface area contributed by atoms with Crippen LogP contribution in [0.15, 0.2) is 36.4 Å². The molecule has 0 amide bonds. The van der Waals surface area contributed by atoms with Gasteiger partial charge in [-0.25, -0.2) is 8.78 Å². The second-order valence-corrected chi connectivity index (χ2v) is 8.19. The molecule has 0 atom stereocenters. The largest absolute Gasteiger partial charge is 0.207 e. The fourth-order valence-corrected chi connectivity index (χ4v) is 4.33. The molecule has 30 heavy (non-hydrogen) atoms. The Bertz CT molecular complexity index is 933. The zero-order valence-electron chi connectivity index (χ0n) is 18.0. The summed E-state index contributed by atoms with van der Waals surface area (Å²) in [4.78, 5) is 0. The molecule has 1 saturated carbocycles. The third kappa shape index (κ3) is 5.96. The Labute approximate surface area is 180 Å². The molecule has 0 N–H and O–H groups in total. The molecule has 2 aromatic carbocycles. The van der Waals surface area contributed by atoms with Gasteiger partial charge in [0, 0.05) is 29.5 Å². The molecule has 0 bridgehead atoms. The Kier molecular flexibility index (Phi) is 8.10. The predicted octanol–water partition coefficient (Wildman–Crippen LogP) is 7.39. The Balaban J connectivity index is 1.69. The van der Waals surface area contributed by atoms with Crippen molar-refractivity contribution in [3.63, 3.8) is 0 Å². The molecule has 0 radical (unpaired) electrons. The minimum Gasteiger partial charge on any atom is -0.207 e. The van der Waals surface area contributed by atoms with Gasteiger partial charge in [-0.3, -0.25) is 0 Å². The number of rotatable bonds is 4. The predicted molar refractivity (Wildman–Crippen MR) is 120 cm³/mol. The van der Waals surface area contributed by atoms with Gasteiger partial charge >= 0.3 is 0 Å². The third-order valence-corrected chi connectivity index (χ3v) is 5.93. The summed E-state index contributed by atoms with van der Waals surface area (Å²) in [5, 5.41) is 0. The summed E-state index contributed by atoms with van der Waals surface area (Å²) in [6.45, 7) is 4.23. The van der Waals surface area contributed by atoms with Crippen molar-refractivity contribution in [1.82, 2.24) is 0 Å². The molecule has 2 aromatic rings. The second kappa shape index (κ2) is 11.0. The molecule has 3 rings (SSSR count). The second-order valence-electron chi connectivity index (χ2n) is 8.19. The van der Waals surface area contributed by atoms with E-state index in [0.29, 0.717) is 11.5 Å². The van der Waals surface area contributed by atoms with Gasteiger partial charge in [0.05, 0.1) is 0 Å². The number of hydrogen-bond acceptors (Lipinski definition) is 0. The van der Waals surface area contributed by atoms with Crippen molar-refractivity contribution in [2.24, 2.45) is 5.92 Å². The molecule has 0 heterocycles. The van der Waals surface area contributed by atoms with E-state index in [1.807, 2.05) is 31.2 Å². The summed E-state index contributed by atoms with van der Waals surface area (Å²) < 4.78 is 29.5. The molecular formula is C28H30F2. The van der Waals surface area contributed by atoms with Gasteiger partial charge in [0.15, 0.2) is 0 Å². The first kappa shape index (κ1) is 22.1. The van der Waals surface area contributed by atoms with Crippen LogP contribution in [0.4, 0.5) is 8.78 Å². The average Bonchev–Trinajstić information content (AvgIpc) is 2.74. The van der Waals surface area contributed by atoms with Crippen LogP contribution in [-0.2, 0) is 6.42 Å². The zero-order chi connectivity index (χ0) is 21.3. The lowest BCUT2D eigenvalue weighted by molar-refractivity contribution is 0.300.